The Morgan fingerprint density at radius 2 is 2.00 bits per heavy atom. The van der Waals surface area contributed by atoms with Crippen LogP contribution in [0, 0.1) is 0 Å². The van der Waals surface area contributed by atoms with E-state index in [1.54, 1.807) is 11.1 Å². The van der Waals surface area contributed by atoms with E-state index in [1.165, 1.54) is 26.4 Å². The molecule has 6 nitrogen and oxygen atoms in total. The lowest BCUT2D eigenvalue weighted by Crippen LogP contribution is -2.57. The fourth-order valence-corrected chi connectivity index (χ4v) is 4.22. The van der Waals surface area contributed by atoms with E-state index in [-0.39, 0.29) is 6.04 Å². The summed E-state index contributed by atoms with van der Waals surface area (Å²) in [5.41, 5.74) is 7.42. The van der Waals surface area contributed by atoms with Gasteiger partial charge in [0.2, 0.25) is 0 Å². The van der Waals surface area contributed by atoms with Crippen LogP contribution in [0.15, 0.2) is 29.4 Å². The maximum Gasteiger partial charge on any atom is 0.319 e. The van der Waals surface area contributed by atoms with Gasteiger partial charge in [0.05, 0.1) is 11.9 Å². The Morgan fingerprint density at radius 3 is 2.62 bits per heavy atom. The van der Waals surface area contributed by atoms with Gasteiger partial charge in [-0.05, 0) is 38.8 Å². The molecule has 0 saturated carbocycles. The van der Waals surface area contributed by atoms with Crippen LogP contribution in [0.2, 0.25) is 0 Å². The molecular formula is C18H26N4O2. The number of hydrogen-bond donors (Lipinski definition) is 1. The number of nitrogens with zero attached hydrogens (tertiary/aromatic N) is 3. The summed E-state index contributed by atoms with van der Waals surface area (Å²) in [4.78, 5) is 21.3. The van der Waals surface area contributed by atoms with Gasteiger partial charge in [0, 0.05) is 23.7 Å². The molecule has 2 aliphatic heterocycles. The van der Waals surface area contributed by atoms with Crippen molar-refractivity contribution in [2.75, 3.05) is 19.1 Å². The molecule has 130 valence electrons. The molecule has 1 unspecified atom stereocenters. The van der Waals surface area contributed by atoms with Gasteiger partial charge in [0.25, 0.3) is 0 Å². The Balaban J connectivity index is 1.91. The van der Waals surface area contributed by atoms with Crippen molar-refractivity contribution in [2.24, 2.45) is 10.9 Å². The molecule has 2 fully saturated rings. The van der Waals surface area contributed by atoms with Crippen LogP contribution >= 0.6 is 0 Å². The normalized spacial score (nSPS) is 27.2. The van der Waals surface area contributed by atoms with Crippen molar-refractivity contribution < 1.29 is 9.63 Å². The minimum Gasteiger partial charge on any atom is -0.399 e. The number of rotatable bonds is 4. The number of benzene rings is 1. The van der Waals surface area contributed by atoms with Crippen molar-refractivity contribution in [3.8, 4) is 0 Å². The fourth-order valence-electron chi connectivity index (χ4n) is 4.22. The lowest BCUT2D eigenvalue weighted by molar-refractivity contribution is 0.0564. The molecule has 0 aliphatic carbocycles. The molecule has 2 saturated heterocycles. The van der Waals surface area contributed by atoms with E-state index in [4.69, 9.17) is 10.6 Å². The van der Waals surface area contributed by atoms with E-state index in [0.29, 0.717) is 12.1 Å². The maximum atomic E-state index is 12.3. The van der Waals surface area contributed by atoms with Gasteiger partial charge in [0.1, 0.15) is 7.11 Å². The van der Waals surface area contributed by atoms with Gasteiger partial charge in [0.15, 0.2) is 0 Å². The summed E-state index contributed by atoms with van der Waals surface area (Å²) in [6.45, 7) is 0. The Bertz CT molecular complexity index is 605. The predicted molar refractivity (Wildman–Crippen MR) is 95.3 cm³/mol. The average Bonchev–Trinajstić information content (AvgIpc) is 2.54. The van der Waals surface area contributed by atoms with Gasteiger partial charge in [-0.2, -0.15) is 0 Å². The summed E-state index contributed by atoms with van der Waals surface area (Å²) in [5, 5.41) is 3.85. The number of urea groups is 1. The monoisotopic (exact) mass is 330 g/mol. The maximum absolute atomic E-state index is 12.3. The van der Waals surface area contributed by atoms with Crippen molar-refractivity contribution in [1.82, 2.24) is 4.90 Å². The van der Waals surface area contributed by atoms with Gasteiger partial charge in [-0.15, -0.1) is 0 Å². The molecule has 2 heterocycles. The predicted octanol–water partition coefficient (Wildman–Crippen LogP) is 2.57. The molecule has 2 aliphatic rings. The Kier molecular flexibility index (Phi) is 5.04. The van der Waals surface area contributed by atoms with Crippen LogP contribution in [0.1, 0.15) is 37.7 Å². The number of anilines is 1. The fraction of sp³-hybridized carbons (Fsp3) is 0.556. The number of fused-ring (bicyclic) bond motifs is 2. The number of carbonyl (C=O) groups is 1. The molecule has 2 bridgehead atoms. The zero-order valence-corrected chi connectivity index (χ0v) is 14.4. The zero-order valence-electron chi connectivity index (χ0n) is 14.4. The quantitative estimate of drug-likeness (QED) is 0.681. The second kappa shape index (κ2) is 7.21. The third-order valence-corrected chi connectivity index (χ3v) is 5.41. The molecule has 1 aromatic rings. The van der Waals surface area contributed by atoms with Crippen molar-refractivity contribution in [1.29, 1.82) is 0 Å². The number of para-hydroxylation sites is 1. The summed E-state index contributed by atoms with van der Waals surface area (Å²) < 4.78 is 0. The summed E-state index contributed by atoms with van der Waals surface area (Å²) in [6, 6.07) is 8.48. The third-order valence-electron chi connectivity index (χ3n) is 5.41. The van der Waals surface area contributed by atoms with Gasteiger partial charge < -0.3 is 15.5 Å². The van der Waals surface area contributed by atoms with Gasteiger partial charge in [-0.3, -0.25) is 4.90 Å². The smallest absolute Gasteiger partial charge is 0.319 e. The SMILES string of the molecule is CO/N=C/c1ccccc1N(C(N)=O)C1C[C@H]2CCC[C@@H](C1)N2C. The van der Waals surface area contributed by atoms with Gasteiger partial charge in [-0.1, -0.05) is 29.8 Å². The Hall–Kier alpha value is -2.08. The van der Waals surface area contributed by atoms with Crippen LogP contribution in [0.25, 0.3) is 0 Å². The summed E-state index contributed by atoms with van der Waals surface area (Å²) >= 11 is 0. The van der Waals surface area contributed by atoms with Crippen molar-refractivity contribution >= 4 is 17.9 Å². The van der Waals surface area contributed by atoms with Crippen LogP contribution in [0.5, 0.6) is 0 Å². The van der Waals surface area contributed by atoms with Gasteiger partial charge >= 0.3 is 6.03 Å². The second-order valence-corrected chi connectivity index (χ2v) is 6.71. The first-order valence-electron chi connectivity index (χ1n) is 8.58. The van der Waals surface area contributed by atoms with Crippen molar-refractivity contribution in [3.05, 3.63) is 29.8 Å². The third kappa shape index (κ3) is 3.24. The molecule has 3 rings (SSSR count). The van der Waals surface area contributed by atoms with E-state index in [9.17, 15) is 4.79 Å². The molecule has 2 N–H and O–H groups in total. The van der Waals surface area contributed by atoms with Crippen LogP contribution in [-0.2, 0) is 4.84 Å². The minimum absolute atomic E-state index is 0.131. The number of primary amides is 1. The highest BCUT2D eigenvalue weighted by molar-refractivity contribution is 5.98. The number of nitrogens with two attached hydrogens (primary N) is 1. The zero-order chi connectivity index (χ0) is 17.1. The van der Waals surface area contributed by atoms with E-state index in [2.05, 4.69) is 17.1 Å². The average molecular weight is 330 g/mol. The molecule has 0 radical (unpaired) electrons. The molecule has 3 atom stereocenters. The number of piperidine rings is 2. The van der Waals surface area contributed by atoms with Crippen molar-refractivity contribution in [2.45, 2.75) is 50.2 Å². The Labute approximate surface area is 143 Å². The number of amides is 2. The van der Waals surface area contributed by atoms with Gasteiger partial charge in [-0.25, -0.2) is 4.79 Å². The molecule has 24 heavy (non-hydrogen) atoms. The standard InChI is InChI=1S/C18H26N4O2/c1-21-14-7-5-8-15(21)11-16(10-14)22(18(19)23)17-9-4-3-6-13(17)12-20-24-2/h3-4,6,9,12,14-16H,5,7-8,10-11H2,1-2H3,(H2,19,23)/b20-12+/t14-,15+,16?. The lowest BCUT2D eigenvalue weighted by Gasteiger charge is -2.49. The highest BCUT2D eigenvalue weighted by Gasteiger charge is 2.39. The topological polar surface area (TPSA) is 71.2 Å². The Morgan fingerprint density at radius 1 is 1.33 bits per heavy atom. The van der Waals surface area contributed by atoms with Crippen LogP contribution in [-0.4, -0.2) is 49.4 Å². The lowest BCUT2D eigenvalue weighted by atomic mass is 9.81. The molecule has 6 heteroatoms. The van der Waals surface area contributed by atoms with Crippen LogP contribution < -0.4 is 10.6 Å². The molecule has 1 aromatic carbocycles. The minimum atomic E-state index is -0.402. The largest absolute Gasteiger partial charge is 0.399 e. The van der Waals surface area contributed by atoms with E-state index in [1.807, 2.05) is 24.3 Å². The summed E-state index contributed by atoms with van der Waals surface area (Å²) in [7, 11) is 3.71. The number of hydrogen-bond acceptors (Lipinski definition) is 4. The summed E-state index contributed by atoms with van der Waals surface area (Å²) in [6.07, 6.45) is 7.23. The van der Waals surface area contributed by atoms with E-state index in [0.717, 1.165) is 24.1 Å². The first kappa shape index (κ1) is 16.8. The first-order valence-corrected chi connectivity index (χ1v) is 8.58. The molecule has 0 aromatic heterocycles. The van der Waals surface area contributed by atoms with Crippen molar-refractivity contribution in [3.63, 3.8) is 0 Å². The summed E-state index contributed by atoms with van der Waals surface area (Å²) in [5.74, 6) is 0. The van der Waals surface area contributed by atoms with Crippen LogP contribution in [0.4, 0.5) is 10.5 Å². The molecule has 2 amide bonds. The second-order valence-electron chi connectivity index (χ2n) is 6.71. The number of oxime groups is 1. The highest BCUT2D eigenvalue weighted by atomic mass is 16.6. The molecule has 0 spiro atoms. The van der Waals surface area contributed by atoms with E-state index >= 15 is 0 Å². The van der Waals surface area contributed by atoms with Crippen LogP contribution in [0.3, 0.4) is 0 Å². The molecular weight excluding hydrogens is 304 g/mol. The highest BCUT2D eigenvalue weighted by Crippen LogP contribution is 2.36. The number of carbonyl (C=O) groups excluding carboxylic acids is 1. The van der Waals surface area contributed by atoms with E-state index < -0.39 is 6.03 Å². The first-order chi connectivity index (χ1) is 11.6.